The number of likely N-dealkylation sites (tertiary alicyclic amines) is 2. The minimum atomic E-state index is -0.454. The first kappa shape index (κ1) is 20.8. The molecule has 7 heteroatoms. The van der Waals surface area contributed by atoms with Crippen LogP contribution in [0.2, 0.25) is 0 Å². The summed E-state index contributed by atoms with van der Waals surface area (Å²) in [6.07, 6.45) is 3.66. The molecule has 0 aromatic carbocycles. The van der Waals surface area contributed by atoms with E-state index in [0.717, 1.165) is 51.9 Å². The van der Waals surface area contributed by atoms with Gasteiger partial charge in [-0.25, -0.2) is 9.59 Å². The minimum Gasteiger partial charge on any atom is -0.450 e. The third kappa shape index (κ3) is 6.67. The van der Waals surface area contributed by atoms with E-state index in [9.17, 15) is 9.59 Å². The molecule has 0 bridgehead atoms. The molecule has 1 N–H and O–H groups in total. The number of amides is 2. The van der Waals surface area contributed by atoms with Crippen LogP contribution in [0.15, 0.2) is 0 Å². The lowest BCUT2D eigenvalue weighted by Crippen LogP contribution is -2.50. The van der Waals surface area contributed by atoms with E-state index in [1.165, 1.54) is 0 Å². The Morgan fingerprint density at radius 3 is 2.35 bits per heavy atom. The highest BCUT2D eigenvalue weighted by molar-refractivity contribution is 5.68. The summed E-state index contributed by atoms with van der Waals surface area (Å²) in [7, 11) is 0. The molecule has 0 spiro atoms. The van der Waals surface area contributed by atoms with Crippen LogP contribution in [0.5, 0.6) is 0 Å². The maximum absolute atomic E-state index is 12.2. The molecule has 0 aromatic rings. The summed E-state index contributed by atoms with van der Waals surface area (Å²) in [4.78, 5) is 27.6. The molecule has 2 saturated heterocycles. The van der Waals surface area contributed by atoms with Crippen molar-refractivity contribution < 1.29 is 19.1 Å². The van der Waals surface area contributed by atoms with Crippen LogP contribution in [-0.4, -0.2) is 73.0 Å². The summed E-state index contributed by atoms with van der Waals surface area (Å²) in [5.74, 6) is 0.567. The third-order valence-corrected chi connectivity index (χ3v) is 4.91. The van der Waals surface area contributed by atoms with Gasteiger partial charge in [0, 0.05) is 32.2 Å². The van der Waals surface area contributed by atoms with Gasteiger partial charge < -0.3 is 24.6 Å². The Morgan fingerprint density at radius 2 is 1.73 bits per heavy atom. The number of carbonyl (C=O) groups excluding carboxylic acids is 2. The zero-order chi connectivity index (χ0) is 19.2. The predicted molar refractivity (Wildman–Crippen MR) is 100 cm³/mol. The molecule has 1 atom stereocenters. The second-order valence-electron chi connectivity index (χ2n) is 8.30. The predicted octanol–water partition coefficient (Wildman–Crippen LogP) is 2.84. The molecule has 2 amide bonds. The lowest BCUT2D eigenvalue weighted by Gasteiger charge is -2.36. The van der Waals surface area contributed by atoms with Crippen molar-refractivity contribution in [2.45, 2.75) is 65.0 Å². The van der Waals surface area contributed by atoms with Gasteiger partial charge in [0.1, 0.15) is 5.60 Å². The Kier molecular flexibility index (Phi) is 7.55. The van der Waals surface area contributed by atoms with Gasteiger partial charge in [0.25, 0.3) is 0 Å². The van der Waals surface area contributed by atoms with Crippen molar-refractivity contribution in [1.29, 1.82) is 0 Å². The van der Waals surface area contributed by atoms with E-state index in [2.05, 4.69) is 5.32 Å². The third-order valence-electron chi connectivity index (χ3n) is 4.91. The SMILES string of the molecule is CCOC(=O)N1CCC(CN[C@H]2CCCN(C(=O)OC(C)(C)C)C2)CC1. The number of ether oxygens (including phenoxy) is 2. The highest BCUT2D eigenvalue weighted by Gasteiger charge is 2.29. The van der Waals surface area contributed by atoms with Crippen molar-refractivity contribution in [2.75, 3.05) is 39.3 Å². The quantitative estimate of drug-likeness (QED) is 0.825. The van der Waals surface area contributed by atoms with Crippen molar-refractivity contribution >= 4 is 12.2 Å². The van der Waals surface area contributed by atoms with Crippen LogP contribution in [-0.2, 0) is 9.47 Å². The maximum Gasteiger partial charge on any atom is 0.410 e. The van der Waals surface area contributed by atoms with Crippen molar-refractivity contribution in [3.05, 3.63) is 0 Å². The van der Waals surface area contributed by atoms with E-state index in [1.54, 1.807) is 4.90 Å². The number of nitrogens with one attached hydrogen (secondary N) is 1. The molecule has 0 aliphatic carbocycles. The van der Waals surface area contributed by atoms with Crippen LogP contribution < -0.4 is 5.32 Å². The van der Waals surface area contributed by atoms with Crippen LogP contribution in [0.1, 0.15) is 53.4 Å². The molecule has 2 aliphatic rings. The van der Waals surface area contributed by atoms with Gasteiger partial charge in [-0.3, -0.25) is 0 Å². The minimum absolute atomic E-state index is 0.195. The largest absolute Gasteiger partial charge is 0.450 e. The van der Waals surface area contributed by atoms with Crippen LogP contribution in [0.3, 0.4) is 0 Å². The van der Waals surface area contributed by atoms with E-state index in [1.807, 2.05) is 32.6 Å². The number of hydrogen-bond donors (Lipinski definition) is 1. The van der Waals surface area contributed by atoms with Crippen molar-refractivity contribution in [1.82, 2.24) is 15.1 Å². The average molecular weight is 370 g/mol. The average Bonchev–Trinajstić information content (AvgIpc) is 2.59. The molecule has 2 aliphatic heterocycles. The van der Waals surface area contributed by atoms with Gasteiger partial charge in [-0.05, 0) is 65.8 Å². The zero-order valence-electron chi connectivity index (χ0n) is 16.8. The van der Waals surface area contributed by atoms with Gasteiger partial charge in [0.05, 0.1) is 6.61 Å². The van der Waals surface area contributed by atoms with E-state index in [0.29, 0.717) is 25.1 Å². The summed E-state index contributed by atoms with van der Waals surface area (Å²) < 4.78 is 10.5. The monoisotopic (exact) mass is 369 g/mol. The number of piperidine rings is 2. The summed E-state index contributed by atoms with van der Waals surface area (Å²) >= 11 is 0. The fraction of sp³-hybridized carbons (Fsp3) is 0.895. The summed E-state index contributed by atoms with van der Waals surface area (Å²) in [5.41, 5.74) is -0.454. The van der Waals surface area contributed by atoms with Crippen LogP contribution in [0.4, 0.5) is 9.59 Å². The molecule has 2 rings (SSSR count). The normalized spacial score (nSPS) is 22.2. The topological polar surface area (TPSA) is 71.1 Å². The van der Waals surface area contributed by atoms with Gasteiger partial charge in [0.2, 0.25) is 0 Å². The summed E-state index contributed by atoms with van der Waals surface area (Å²) in [6, 6.07) is 0.319. The van der Waals surface area contributed by atoms with Crippen molar-refractivity contribution in [3.63, 3.8) is 0 Å². The summed E-state index contributed by atoms with van der Waals surface area (Å²) in [6.45, 7) is 11.9. The van der Waals surface area contributed by atoms with Crippen LogP contribution >= 0.6 is 0 Å². The fourth-order valence-electron chi connectivity index (χ4n) is 3.50. The van der Waals surface area contributed by atoms with E-state index < -0.39 is 5.60 Å². The molecule has 0 saturated carbocycles. The van der Waals surface area contributed by atoms with Gasteiger partial charge in [-0.2, -0.15) is 0 Å². The number of carbonyl (C=O) groups is 2. The fourth-order valence-corrected chi connectivity index (χ4v) is 3.50. The number of nitrogens with zero attached hydrogens (tertiary/aromatic N) is 2. The van der Waals surface area contributed by atoms with Gasteiger partial charge >= 0.3 is 12.2 Å². The lowest BCUT2D eigenvalue weighted by atomic mass is 9.96. The van der Waals surface area contributed by atoms with Gasteiger partial charge in [-0.1, -0.05) is 0 Å². The molecule has 2 heterocycles. The Hall–Kier alpha value is -1.50. The Bertz CT molecular complexity index is 470. The van der Waals surface area contributed by atoms with E-state index in [-0.39, 0.29) is 12.2 Å². The van der Waals surface area contributed by atoms with Crippen molar-refractivity contribution in [2.24, 2.45) is 5.92 Å². The first-order chi connectivity index (χ1) is 12.3. The highest BCUT2D eigenvalue weighted by atomic mass is 16.6. The Morgan fingerprint density at radius 1 is 1.04 bits per heavy atom. The second-order valence-corrected chi connectivity index (χ2v) is 8.30. The molecule has 0 radical (unpaired) electrons. The molecule has 26 heavy (non-hydrogen) atoms. The molecule has 0 aromatic heterocycles. The molecular formula is C19H35N3O4. The lowest BCUT2D eigenvalue weighted by molar-refractivity contribution is 0.0185. The first-order valence-electron chi connectivity index (χ1n) is 9.91. The van der Waals surface area contributed by atoms with E-state index >= 15 is 0 Å². The maximum atomic E-state index is 12.2. The van der Waals surface area contributed by atoms with Crippen molar-refractivity contribution in [3.8, 4) is 0 Å². The van der Waals surface area contributed by atoms with Gasteiger partial charge in [-0.15, -0.1) is 0 Å². The van der Waals surface area contributed by atoms with Crippen LogP contribution in [0, 0.1) is 5.92 Å². The summed E-state index contributed by atoms with van der Waals surface area (Å²) in [5, 5.41) is 3.62. The molecule has 7 nitrogen and oxygen atoms in total. The highest BCUT2D eigenvalue weighted by Crippen LogP contribution is 2.19. The standard InChI is InChI=1S/C19H35N3O4/c1-5-25-17(23)21-11-8-15(9-12-21)13-20-16-7-6-10-22(14-16)18(24)26-19(2,3)4/h15-16,20H,5-14H2,1-4H3/t16-/m0/s1. The van der Waals surface area contributed by atoms with Gasteiger partial charge in [0.15, 0.2) is 0 Å². The molecule has 2 fully saturated rings. The second kappa shape index (κ2) is 9.44. The van der Waals surface area contributed by atoms with Crippen LogP contribution in [0.25, 0.3) is 0 Å². The molecule has 0 unspecified atom stereocenters. The first-order valence-corrected chi connectivity index (χ1v) is 9.91. The Balaban J connectivity index is 1.70. The Labute approximate surface area is 157 Å². The smallest absolute Gasteiger partial charge is 0.410 e. The zero-order valence-corrected chi connectivity index (χ0v) is 16.8. The number of hydrogen-bond acceptors (Lipinski definition) is 5. The van der Waals surface area contributed by atoms with E-state index in [4.69, 9.17) is 9.47 Å². The number of rotatable bonds is 4. The molecule has 150 valence electrons. The molecular weight excluding hydrogens is 334 g/mol.